The quantitative estimate of drug-likeness (QED) is 0.503. The monoisotopic (exact) mass is 374 g/mol. The van der Waals surface area contributed by atoms with Gasteiger partial charge in [0.25, 0.3) is 0 Å². The van der Waals surface area contributed by atoms with Crippen LogP contribution < -0.4 is 9.47 Å². The Hall–Kier alpha value is -0.900. The third kappa shape index (κ3) is 4.58. The van der Waals surface area contributed by atoms with Crippen LogP contribution in [0.4, 0.5) is 0 Å². The number of rotatable bonds is 6. The third-order valence-corrected chi connectivity index (χ3v) is 3.71. The van der Waals surface area contributed by atoms with E-state index in [2.05, 4.69) is 15.9 Å². The zero-order valence-electron chi connectivity index (χ0n) is 10.6. The molecular weight excluding hydrogens is 363 g/mol. The fourth-order valence-corrected chi connectivity index (χ4v) is 2.27. The fraction of sp³-hybridized carbons (Fsp3) is 0.200. The van der Waals surface area contributed by atoms with Gasteiger partial charge in [-0.3, -0.25) is 0 Å². The molecule has 0 saturated carbocycles. The van der Waals surface area contributed by atoms with E-state index in [1.54, 1.807) is 6.07 Å². The molecule has 0 radical (unpaired) electrons. The predicted octanol–water partition coefficient (Wildman–Crippen LogP) is 5.30. The summed E-state index contributed by atoms with van der Waals surface area (Å²) in [6.07, 6.45) is 0. The van der Waals surface area contributed by atoms with Crippen molar-refractivity contribution in [1.29, 1.82) is 0 Å². The van der Waals surface area contributed by atoms with Gasteiger partial charge in [0, 0.05) is 10.4 Å². The zero-order valence-corrected chi connectivity index (χ0v) is 13.7. The van der Waals surface area contributed by atoms with Gasteiger partial charge >= 0.3 is 0 Å². The number of alkyl halides is 1. The maximum Gasteiger partial charge on any atom is 0.138 e. The van der Waals surface area contributed by atoms with Gasteiger partial charge < -0.3 is 9.47 Å². The molecule has 106 valence electrons. The van der Waals surface area contributed by atoms with E-state index < -0.39 is 0 Å². The van der Waals surface area contributed by atoms with E-state index in [0.717, 1.165) is 15.8 Å². The molecule has 5 heteroatoms. The molecule has 2 rings (SSSR count). The van der Waals surface area contributed by atoms with Gasteiger partial charge in [0.1, 0.15) is 24.7 Å². The maximum absolute atomic E-state index is 6.09. The van der Waals surface area contributed by atoms with E-state index >= 15 is 0 Å². The topological polar surface area (TPSA) is 18.5 Å². The Labute approximate surface area is 136 Å². The lowest BCUT2D eigenvalue weighted by atomic mass is 10.2. The molecule has 2 nitrogen and oxygen atoms in total. The highest BCUT2D eigenvalue weighted by Crippen LogP contribution is 2.26. The van der Waals surface area contributed by atoms with Crippen molar-refractivity contribution in [3.8, 4) is 11.5 Å². The molecule has 2 aromatic rings. The number of hydrogen-bond donors (Lipinski definition) is 0. The minimum atomic E-state index is 0.427. The second kappa shape index (κ2) is 7.77. The van der Waals surface area contributed by atoms with Crippen LogP contribution in [0.25, 0.3) is 0 Å². The SMILES string of the molecule is ClCc1ccc(OCCOc2ccc(Br)cc2)c(Cl)c1. The first kappa shape index (κ1) is 15.5. The summed E-state index contributed by atoms with van der Waals surface area (Å²) in [6, 6.07) is 13.2. The van der Waals surface area contributed by atoms with Crippen molar-refractivity contribution in [3.05, 3.63) is 57.5 Å². The van der Waals surface area contributed by atoms with E-state index in [4.69, 9.17) is 32.7 Å². The molecule has 0 aliphatic rings. The molecule has 0 saturated heterocycles. The van der Waals surface area contributed by atoms with Crippen LogP contribution in [0.15, 0.2) is 46.9 Å². The molecule has 0 atom stereocenters. The van der Waals surface area contributed by atoms with E-state index in [9.17, 15) is 0 Å². The average Bonchev–Trinajstić information content (AvgIpc) is 2.46. The zero-order chi connectivity index (χ0) is 14.4. The van der Waals surface area contributed by atoms with Crippen molar-refractivity contribution in [2.45, 2.75) is 5.88 Å². The Morgan fingerprint density at radius 2 is 1.65 bits per heavy atom. The van der Waals surface area contributed by atoms with E-state index in [1.165, 1.54) is 0 Å². The summed E-state index contributed by atoms with van der Waals surface area (Å²) in [5, 5.41) is 0.562. The highest BCUT2D eigenvalue weighted by atomic mass is 79.9. The van der Waals surface area contributed by atoms with Gasteiger partial charge in [0.15, 0.2) is 0 Å². The summed E-state index contributed by atoms with van der Waals surface area (Å²) < 4.78 is 12.2. The molecule has 0 spiro atoms. The number of ether oxygens (including phenoxy) is 2. The Morgan fingerprint density at radius 3 is 2.30 bits per heavy atom. The van der Waals surface area contributed by atoms with Crippen molar-refractivity contribution in [1.82, 2.24) is 0 Å². The molecule has 0 aliphatic carbocycles. The average molecular weight is 376 g/mol. The normalized spacial score (nSPS) is 10.3. The molecule has 0 heterocycles. The highest BCUT2D eigenvalue weighted by Gasteiger charge is 2.03. The number of hydrogen-bond acceptors (Lipinski definition) is 2. The predicted molar refractivity (Wildman–Crippen MR) is 86.1 cm³/mol. The van der Waals surface area contributed by atoms with Crippen molar-refractivity contribution in [2.24, 2.45) is 0 Å². The van der Waals surface area contributed by atoms with Crippen LogP contribution >= 0.6 is 39.1 Å². The largest absolute Gasteiger partial charge is 0.490 e. The van der Waals surface area contributed by atoms with Crippen LogP contribution in [0.3, 0.4) is 0 Å². The Bertz CT molecular complexity index is 558. The lowest BCUT2D eigenvalue weighted by molar-refractivity contribution is 0.217. The van der Waals surface area contributed by atoms with Crippen LogP contribution in [0.5, 0.6) is 11.5 Å². The van der Waals surface area contributed by atoms with Gasteiger partial charge in [-0.25, -0.2) is 0 Å². The van der Waals surface area contributed by atoms with Crippen molar-refractivity contribution in [2.75, 3.05) is 13.2 Å². The molecular formula is C15H13BrCl2O2. The third-order valence-electron chi connectivity index (χ3n) is 2.57. The molecule has 0 amide bonds. The van der Waals surface area contributed by atoms with E-state index in [0.29, 0.717) is 29.9 Å². The first-order valence-electron chi connectivity index (χ1n) is 6.04. The van der Waals surface area contributed by atoms with Crippen LogP contribution in [0.1, 0.15) is 5.56 Å². The smallest absolute Gasteiger partial charge is 0.138 e. The lowest BCUT2D eigenvalue weighted by Gasteiger charge is -2.10. The van der Waals surface area contributed by atoms with Crippen LogP contribution in [0, 0.1) is 0 Å². The van der Waals surface area contributed by atoms with Gasteiger partial charge in [-0.1, -0.05) is 33.6 Å². The fourth-order valence-electron chi connectivity index (χ4n) is 1.59. The summed E-state index contributed by atoms with van der Waals surface area (Å²) in [6.45, 7) is 0.880. The van der Waals surface area contributed by atoms with Gasteiger partial charge in [0.05, 0.1) is 5.02 Å². The molecule has 2 aromatic carbocycles. The second-order valence-electron chi connectivity index (χ2n) is 4.05. The first-order valence-corrected chi connectivity index (χ1v) is 7.75. The summed E-state index contributed by atoms with van der Waals surface area (Å²) in [5.41, 5.74) is 0.968. The van der Waals surface area contributed by atoms with Crippen molar-refractivity contribution >= 4 is 39.1 Å². The van der Waals surface area contributed by atoms with Crippen molar-refractivity contribution in [3.63, 3.8) is 0 Å². The summed E-state index contributed by atoms with van der Waals surface area (Å²) in [4.78, 5) is 0. The number of halogens is 3. The molecule has 0 unspecified atom stereocenters. The Balaban J connectivity index is 1.79. The summed E-state index contributed by atoms with van der Waals surface area (Å²) >= 11 is 15.2. The molecule has 0 aliphatic heterocycles. The lowest BCUT2D eigenvalue weighted by Crippen LogP contribution is -2.09. The highest BCUT2D eigenvalue weighted by molar-refractivity contribution is 9.10. The maximum atomic E-state index is 6.09. The van der Waals surface area contributed by atoms with Gasteiger partial charge in [0.2, 0.25) is 0 Å². The van der Waals surface area contributed by atoms with E-state index in [1.807, 2.05) is 36.4 Å². The van der Waals surface area contributed by atoms with Crippen LogP contribution in [0.2, 0.25) is 5.02 Å². The van der Waals surface area contributed by atoms with Crippen molar-refractivity contribution < 1.29 is 9.47 Å². The molecule has 0 bridgehead atoms. The second-order valence-corrected chi connectivity index (χ2v) is 5.64. The molecule has 0 fully saturated rings. The standard InChI is InChI=1S/C15H13BrCl2O2/c16-12-2-4-13(5-3-12)19-7-8-20-15-6-1-11(10-17)9-14(15)18/h1-6,9H,7-8,10H2. The Morgan fingerprint density at radius 1 is 0.950 bits per heavy atom. The summed E-state index contributed by atoms with van der Waals surface area (Å²) in [5.74, 6) is 1.88. The minimum absolute atomic E-state index is 0.427. The minimum Gasteiger partial charge on any atom is -0.490 e. The molecule has 20 heavy (non-hydrogen) atoms. The van der Waals surface area contributed by atoms with Crippen LogP contribution in [-0.4, -0.2) is 13.2 Å². The van der Waals surface area contributed by atoms with Gasteiger partial charge in [-0.2, -0.15) is 0 Å². The van der Waals surface area contributed by atoms with Gasteiger partial charge in [-0.05, 0) is 42.0 Å². The summed E-state index contributed by atoms with van der Waals surface area (Å²) in [7, 11) is 0. The van der Waals surface area contributed by atoms with E-state index in [-0.39, 0.29) is 0 Å². The molecule has 0 aromatic heterocycles. The molecule has 0 N–H and O–H groups in total. The first-order chi connectivity index (χ1) is 9.69. The number of benzene rings is 2. The Kier molecular flexibility index (Phi) is 6.02. The van der Waals surface area contributed by atoms with Gasteiger partial charge in [-0.15, -0.1) is 11.6 Å². The van der Waals surface area contributed by atoms with Crippen LogP contribution in [-0.2, 0) is 5.88 Å².